The number of carbonyl (C=O) groups excluding carboxylic acids is 1. The highest BCUT2D eigenvalue weighted by molar-refractivity contribution is 7.17. The van der Waals surface area contributed by atoms with Crippen molar-refractivity contribution in [2.75, 3.05) is 6.54 Å². The molecule has 0 saturated heterocycles. The van der Waals surface area contributed by atoms with Crippen LogP contribution in [0.25, 0.3) is 11.0 Å². The van der Waals surface area contributed by atoms with Gasteiger partial charge < -0.3 is 9.88 Å². The van der Waals surface area contributed by atoms with E-state index in [0.29, 0.717) is 15.8 Å². The molecule has 3 aromatic heterocycles. The number of halogens is 1. The summed E-state index contributed by atoms with van der Waals surface area (Å²) >= 11 is 7.11. The summed E-state index contributed by atoms with van der Waals surface area (Å²) in [5.74, 6) is -0.0672. The summed E-state index contributed by atoms with van der Waals surface area (Å²) in [5.41, 5.74) is 0.980. The molecule has 3 rings (SSSR count). The first kappa shape index (κ1) is 14.1. The lowest BCUT2D eigenvalue weighted by Crippen LogP contribution is -2.24. The maximum Gasteiger partial charge on any atom is 0.261 e. The van der Waals surface area contributed by atoms with E-state index in [9.17, 15) is 4.79 Å². The van der Waals surface area contributed by atoms with Crippen molar-refractivity contribution in [3.05, 3.63) is 51.9 Å². The number of thiophene rings is 1. The number of nitrogens with one attached hydrogen (secondary N) is 1. The number of amides is 1. The zero-order valence-electron chi connectivity index (χ0n) is 11.3. The Morgan fingerprint density at radius 3 is 3.05 bits per heavy atom. The van der Waals surface area contributed by atoms with E-state index in [4.69, 9.17) is 11.6 Å². The Balaban J connectivity index is 1.51. The quantitative estimate of drug-likeness (QED) is 0.731. The van der Waals surface area contributed by atoms with Crippen LogP contribution in [-0.2, 0) is 6.54 Å². The molecule has 0 aliphatic rings. The Kier molecular flexibility index (Phi) is 4.22. The fourth-order valence-corrected chi connectivity index (χ4v) is 3.14. The zero-order valence-corrected chi connectivity index (χ0v) is 12.8. The predicted octanol–water partition coefficient (Wildman–Crippen LogP) is 3.57. The minimum atomic E-state index is -0.0672. The molecule has 0 bridgehead atoms. The van der Waals surface area contributed by atoms with Crippen LogP contribution >= 0.6 is 22.9 Å². The van der Waals surface area contributed by atoms with E-state index in [0.717, 1.165) is 24.0 Å². The molecule has 0 saturated carbocycles. The van der Waals surface area contributed by atoms with Crippen molar-refractivity contribution in [1.29, 1.82) is 0 Å². The monoisotopic (exact) mass is 319 g/mol. The summed E-state index contributed by atoms with van der Waals surface area (Å²) in [6, 6.07) is 9.50. The number of pyridine rings is 1. The molecular weight excluding hydrogens is 306 g/mol. The summed E-state index contributed by atoms with van der Waals surface area (Å²) < 4.78 is 2.73. The van der Waals surface area contributed by atoms with Crippen molar-refractivity contribution in [2.24, 2.45) is 0 Å². The van der Waals surface area contributed by atoms with Gasteiger partial charge in [0.15, 0.2) is 0 Å². The first-order valence-electron chi connectivity index (χ1n) is 6.67. The lowest BCUT2D eigenvalue weighted by molar-refractivity contribution is 0.0957. The normalized spacial score (nSPS) is 10.9. The van der Waals surface area contributed by atoms with E-state index in [1.165, 1.54) is 11.3 Å². The second-order valence-corrected chi connectivity index (χ2v) is 6.35. The summed E-state index contributed by atoms with van der Waals surface area (Å²) in [6.45, 7) is 1.45. The number of fused-ring (bicyclic) bond motifs is 1. The lowest BCUT2D eigenvalue weighted by Gasteiger charge is -2.06. The van der Waals surface area contributed by atoms with Crippen LogP contribution in [0.4, 0.5) is 0 Å². The van der Waals surface area contributed by atoms with Gasteiger partial charge in [-0.3, -0.25) is 4.79 Å². The van der Waals surface area contributed by atoms with E-state index in [1.54, 1.807) is 18.3 Å². The summed E-state index contributed by atoms with van der Waals surface area (Å²) in [5, 5.41) is 4.04. The van der Waals surface area contributed by atoms with Crippen molar-refractivity contribution in [3.8, 4) is 0 Å². The van der Waals surface area contributed by atoms with E-state index in [1.807, 2.05) is 18.3 Å². The van der Waals surface area contributed by atoms with Crippen LogP contribution in [-0.4, -0.2) is 22.0 Å². The highest BCUT2D eigenvalue weighted by Crippen LogP contribution is 2.21. The molecule has 0 fully saturated rings. The standard InChI is InChI=1S/C15H14ClN3OS/c16-13-5-4-12(21-13)15(20)18-8-2-9-19-10-6-11-3-1-7-17-14(11)19/h1,3-7,10H,2,8-9H2,(H,18,20). The molecule has 0 unspecified atom stereocenters. The van der Waals surface area contributed by atoms with Gasteiger partial charge in [0.25, 0.3) is 5.91 Å². The Morgan fingerprint density at radius 1 is 1.33 bits per heavy atom. The van der Waals surface area contributed by atoms with Crippen molar-refractivity contribution in [1.82, 2.24) is 14.9 Å². The Hall–Kier alpha value is -1.85. The van der Waals surface area contributed by atoms with E-state index in [-0.39, 0.29) is 5.91 Å². The number of hydrogen-bond donors (Lipinski definition) is 1. The number of aromatic nitrogens is 2. The van der Waals surface area contributed by atoms with Crippen LogP contribution in [0.3, 0.4) is 0 Å². The molecule has 0 spiro atoms. The molecule has 0 aliphatic heterocycles. The van der Waals surface area contributed by atoms with Crippen LogP contribution in [0, 0.1) is 0 Å². The largest absolute Gasteiger partial charge is 0.351 e. The summed E-state index contributed by atoms with van der Waals surface area (Å²) in [6.07, 6.45) is 4.67. The molecule has 0 aromatic carbocycles. The van der Waals surface area contributed by atoms with Gasteiger partial charge in [0.05, 0.1) is 9.21 Å². The van der Waals surface area contributed by atoms with Gasteiger partial charge >= 0.3 is 0 Å². The molecule has 0 aliphatic carbocycles. The molecule has 3 aromatic rings. The lowest BCUT2D eigenvalue weighted by atomic mass is 10.3. The Bertz CT molecular complexity index is 765. The van der Waals surface area contributed by atoms with Gasteiger partial charge in [-0.25, -0.2) is 4.98 Å². The number of hydrogen-bond acceptors (Lipinski definition) is 3. The second kappa shape index (κ2) is 6.28. The van der Waals surface area contributed by atoms with Crippen LogP contribution in [0.5, 0.6) is 0 Å². The number of aryl methyl sites for hydroxylation is 1. The molecule has 1 N–H and O–H groups in total. The number of rotatable bonds is 5. The highest BCUT2D eigenvalue weighted by atomic mass is 35.5. The van der Waals surface area contributed by atoms with Gasteiger partial charge in [-0.15, -0.1) is 11.3 Å². The maximum atomic E-state index is 11.9. The van der Waals surface area contributed by atoms with E-state index in [2.05, 4.69) is 20.9 Å². The first-order chi connectivity index (χ1) is 10.2. The predicted molar refractivity (Wildman–Crippen MR) is 86.0 cm³/mol. The molecule has 21 heavy (non-hydrogen) atoms. The van der Waals surface area contributed by atoms with Gasteiger partial charge in [0.1, 0.15) is 5.65 Å². The van der Waals surface area contributed by atoms with Crippen molar-refractivity contribution < 1.29 is 4.79 Å². The first-order valence-corrected chi connectivity index (χ1v) is 7.87. The molecule has 3 heterocycles. The molecule has 4 nitrogen and oxygen atoms in total. The Morgan fingerprint density at radius 2 is 2.24 bits per heavy atom. The summed E-state index contributed by atoms with van der Waals surface area (Å²) in [7, 11) is 0. The van der Waals surface area contributed by atoms with Crippen LogP contribution in [0.2, 0.25) is 4.34 Å². The van der Waals surface area contributed by atoms with Crippen LogP contribution in [0.1, 0.15) is 16.1 Å². The molecule has 6 heteroatoms. The molecule has 0 atom stereocenters. The van der Waals surface area contributed by atoms with Gasteiger partial charge in [-0.05, 0) is 36.8 Å². The minimum absolute atomic E-state index is 0.0672. The smallest absolute Gasteiger partial charge is 0.261 e. The highest BCUT2D eigenvalue weighted by Gasteiger charge is 2.07. The zero-order chi connectivity index (χ0) is 14.7. The van der Waals surface area contributed by atoms with E-state index >= 15 is 0 Å². The van der Waals surface area contributed by atoms with E-state index < -0.39 is 0 Å². The fraction of sp³-hybridized carbons (Fsp3) is 0.200. The average Bonchev–Trinajstić information content (AvgIpc) is 3.10. The van der Waals surface area contributed by atoms with Crippen LogP contribution in [0.15, 0.2) is 42.7 Å². The average molecular weight is 320 g/mol. The second-order valence-electron chi connectivity index (χ2n) is 4.64. The minimum Gasteiger partial charge on any atom is -0.351 e. The summed E-state index contributed by atoms with van der Waals surface area (Å²) in [4.78, 5) is 16.9. The molecular formula is C15H14ClN3OS. The van der Waals surface area contributed by atoms with Gasteiger partial charge in [-0.1, -0.05) is 11.6 Å². The molecule has 1 amide bonds. The SMILES string of the molecule is O=C(NCCCn1ccc2cccnc21)c1ccc(Cl)s1. The third kappa shape index (κ3) is 3.25. The number of carbonyl (C=O) groups is 1. The van der Waals surface area contributed by atoms with Crippen molar-refractivity contribution in [2.45, 2.75) is 13.0 Å². The van der Waals surface area contributed by atoms with Gasteiger partial charge in [0, 0.05) is 30.9 Å². The van der Waals surface area contributed by atoms with Crippen molar-refractivity contribution in [3.63, 3.8) is 0 Å². The molecule has 0 radical (unpaired) electrons. The van der Waals surface area contributed by atoms with Gasteiger partial charge in [0.2, 0.25) is 0 Å². The van der Waals surface area contributed by atoms with Gasteiger partial charge in [-0.2, -0.15) is 0 Å². The fourth-order valence-electron chi connectivity index (χ4n) is 2.18. The van der Waals surface area contributed by atoms with Crippen LogP contribution < -0.4 is 5.32 Å². The third-order valence-corrected chi connectivity index (χ3v) is 4.41. The van der Waals surface area contributed by atoms with Crippen molar-refractivity contribution >= 4 is 39.9 Å². The topological polar surface area (TPSA) is 46.9 Å². The third-order valence-electron chi connectivity index (χ3n) is 3.18. The number of nitrogens with zero attached hydrogens (tertiary/aromatic N) is 2. The molecule has 108 valence electrons. The maximum absolute atomic E-state index is 11.9. The Labute approximate surface area is 131 Å².